The van der Waals surface area contributed by atoms with Gasteiger partial charge in [-0.15, -0.1) is 0 Å². The molecular formula is C29H26F3N3O4. The van der Waals surface area contributed by atoms with Crippen LogP contribution in [0.1, 0.15) is 47.3 Å². The molecule has 2 atom stereocenters. The number of nitrogens with zero attached hydrogens (tertiary/aromatic N) is 1. The van der Waals surface area contributed by atoms with Crippen LogP contribution < -0.4 is 5.73 Å². The van der Waals surface area contributed by atoms with Gasteiger partial charge in [0.05, 0.1) is 28.6 Å². The number of nitrogen functional groups attached to an aromatic ring is 1. The summed E-state index contributed by atoms with van der Waals surface area (Å²) in [5.41, 5.74) is 4.48. The molecule has 0 saturated heterocycles. The van der Waals surface area contributed by atoms with E-state index in [4.69, 9.17) is 15.9 Å². The first-order valence-electron chi connectivity index (χ1n) is 12.3. The minimum atomic E-state index is -1.70. The zero-order valence-electron chi connectivity index (χ0n) is 21.0. The fourth-order valence-corrected chi connectivity index (χ4v) is 5.66. The Kier molecular flexibility index (Phi) is 6.69. The highest BCUT2D eigenvalue weighted by Crippen LogP contribution is 2.49. The number of hydrogen-bond donors (Lipinski definition) is 4. The first-order valence-corrected chi connectivity index (χ1v) is 12.3. The number of halogens is 3. The molecule has 0 radical (unpaired) electrons. The molecule has 0 bridgehead atoms. The van der Waals surface area contributed by atoms with Crippen molar-refractivity contribution in [2.45, 2.75) is 37.4 Å². The first kappa shape index (κ1) is 26.5. The van der Waals surface area contributed by atoms with Crippen LogP contribution in [-0.2, 0) is 10.3 Å². The predicted molar refractivity (Wildman–Crippen MR) is 141 cm³/mol. The van der Waals surface area contributed by atoms with Gasteiger partial charge in [-0.25, -0.2) is 18.0 Å². The molecule has 10 heteroatoms. The average Bonchev–Trinajstić information content (AvgIpc) is 3.27. The van der Waals surface area contributed by atoms with E-state index in [1.807, 2.05) is 0 Å². The lowest BCUT2D eigenvalue weighted by Crippen LogP contribution is -2.45. The van der Waals surface area contributed by atoms with Crippen molar-refractivity contribution < 1.29 is 32.9 Å². The number of carboxylic acids is 1. The third-order valence-corrected chi connectivity index (χ3v) is 7.50. The second-order valence-corrected chi connectivity index (χ2v) is 9.66. The number of rotatable bonds is 6. The molecular weight excluding hydrogens is 511 g/mol. The Morgan fingerprint density at radius 3 is 2.49 bits per heavy atom. The number of aromatic nitrogens is 1. The van der Waals surface area contributed by atoms with Crippen LogP contribution in [0.2, 0.25) is 0 Å². The second kappa shape index (κ2) is 9.87. The third kappa shape index (κ3) is 4.16. The Morgan fingerprint density at radius 2 is 1.87 bits per heavy atom. The van der Waals surface area contributed by atoms with Crippen LogP contribution in [0.25, 0.3) is 27.7 Å². The Hall–Kier alpha value is -4.15. The minimum Gasteiger partial charge on any atom is -0.478 e. The van der Waals surface area contributed by atoms with Gasteiger partial charge < -0.3 is 30.7 Å². The summed E-state index contributed by atoms with van der Waals surface area (Å²) in [6.07, 6.45) is 2.27. The van der Waals surface area contributed by atoms with E-state index in [0.29, 0.717) is 18.5 Å². The van der Waals surface area contributed by atoms with Gasteiger partial charge in [0, 0.05) is 35.5 Å². The number of ether oxygens (including phenoxy) is 1. The Labute approximate surface area is 221 Å². The summed E-state index contributed by atoms with van der Waals surface area (Å²) in [5, 5.41) is 29.4. The number of carboxylic acid groups (broad SMARTS) is 1. The molecule has 0 amide bonds. The van der Waals surface area contributed by atoms with Crippen molar-refractivity contribution in [3.05, 3.63) is 82.8 Å². The Morgan fingerprint density at radius 1 is 1.15 bits per heavy atom. The number of hydrogen-bond acceptors (Lipinski definition) is 5. The van der Waals surface area contributed by atoms with E-state index in [9.17, 15) is 19.4 Å². The second-order valence-electron chi connectivity index (χ2n) is 9.66. The molecule has 1 aliphatic rings. The molecule has 5 rings (SSSR count). The lowest BCUT2D eigenvalue weighted by molar-refractivity contribution is -0.125. The van der Waals surface area contributed by atoms with Crippen molar-refractivity contribution in [3.8, 4) is 16.8 Å². The largest absolute Gasteiger partial charge is 0.478 e. The standard InChI is InChI=1S/C29H26F3N3O4/c1-39-22-4-2-3-11-29(22,38)27-23(15-5-10-19(28(36)37)20(31)12-15)24-21(13-16(14-33)26(34)25(24)32)35(27)18-8-6-17(30)7-9-18/h5-10,12-14,22,33,38H,2-4,11,34H2,1H3,(H,36,37)/t22-,29?/m0/s1. The Bertz CT molecular complexity index is 1620. The van der Waals surface area contributed by atoms with Crippen LogP contribution in [0.15, 0.2) is 48.5 Å². The van der Waals surface area contributed by atoms with Crippen molar-refractivity contribution in [2.24, 2.45) is 0 Å². The topological polar surface area (TPSA) is 122 Å². The summed E-state index contributed by atoms with van der Waals surface area (Å²) in [5.74, 6) is -3.91. The minimum absolute atomic E-state index is 0.0613. The Balaban J connectivity index is 2.01. The molecule has 4 aromatic rings. The zero-order valence-corrected chi connectivity index (χ0v) is 21.0. The number of carbonyl (C=O) groups is 1. The van der Waals surface area contributed by atoms with Gasteiger partial charge in [0.15, 0.2) is 5.82 Å². The quantitative estimate of drug-likeness (QED) is 0.184. The van der Waals surface area contributed by atoms with Crippen molar-refractivity contribution in [3.63, 3.8) is 0 Å². The normalized spacial score (nSPS) is 19.4. The van der Waals surface area contributed by atoms with Crippen LogP contribution in [0.4, 0.5) is 18.9 Å². The molecule has 5 N–H and O–H groups in total. The summed E-state index contributed by atoms with van der Waals surface area (Å²) in [6, 6.07) is 10.2. The van der Waals surface area contributed by atoms with Gasteiger partial charge in [0.1, 0.15) is 17.2 Å². The van der Waals surface area contributed by atoms with Gasteiger partial charge in [-0.3, -0.25) is 0 Å². The van der Waals surface area contributed by atoms with Gasteiger partial charge in [-0.1, -0.05) is 12.5 Å². The zero-order chi connectivity index (χ0) is 28.1. The maximum absolute atomic E-state index is 16.1. The van der Waals surface area contributed by atoms with Crippen LogP contribution in [0, 0.1) is 22.9 Å². The lowest BCUT2D eigenvalue weighted by Gasteiger charge is -2.40. The molecule has 1 aliphatic carbocycles. The molecule has 1 unspecified atom stereocenters. The van der Waals surface area contributed by atoms with E-state index in [1.54, 1.807) is 4.57 Å². The van der Waals surface area contributed by atoms with Gasteiger partial charge in [0.2, 0.25) is 0 Å². The van der Waals surface area contributed by atoms with Crippen LogP contribution >= 0.6 is 0 Å². The molecule has 202 valence electrons. The predicted octanol–water partition coefficient (Wildman–Crippen LogP) is 5.77. The van der Waals surface area contributed by atoms with Crippen LogP contribution in [0.3, 0.4) is 0 Å². The number of anilines is 1. The highest BCUT2D eigenvalue weighted by atomic mass is 19.1. The summed E-state index contributed by atoms with van der Waals surface area (Å²) < 4.78 is 52.3. The number of aromatic carboxylic acids is 1. The van der Waals surface area contributed by atoms with Gasteiger partial charge in [-0.05, 0) is 67.3 Å². The highest BCUT2D eigenvalue weighted by molar-refractivity contribution is 6.05. The highest BCUT2D eigenvalue weighted by Gasteiger charge is 2.46. The van der Waals surface area contributed by atoms with E-state index in [0.717, 1.165) is 24.8 Å². The van der Waals surface area contributed by atoms with Gasteiger partial charge in [0.25, 0.3) is 0 Å². The third-order valence-electron chi connectivity index (χ3n) is 7.50. The first-order chi connectivity index (χ1) is 18.6. The monoisotopic (exact) mass is 537 g/mol. The fraction of sp³-hybridized carbons (Fsp3) is 0.241. The van der Waals surface area contributed by atoms with Crippen LogP contribution in [0.5, 0.6) is 0 Å². The molecule has 0 spiro atoms. The van der Waals surface area contributed by atoms with Gasteiger partial charge >= 0.3 is 5.97 Å². The summed E-state index contributed by atoms with van der Waals surface area (Å²) in [7, 11) is 1.46. The molecule has 0 aliphatic heterocycles. The number of benzene rings is 3. The van der Waals surface area contributed by atoms with E-state index in [-0.39, 0.29) is 45.4 Å². The van der Waals surface area contributed by atoms with Crippen molar-refractivity contribution >= 4 is 28.8 Å². The van der Waals surface area contributed by atoms with Crippen molar-refractivity contribution in [1.82, 2.24) is 4.57 Å². The summed E-state index contributed by atoms with van der Waals surface area (Å²) >= 11 is 0. The lowest BCUT2D eigenvalue weighted by atomic mass is 9.77. The summed E-state index contributed by atoms with van der Waals surface area (Å²) in [4.78, 5) is 11.5. The van der Waals surface area contributed by atoms with Gasteiger partial charge in [-0.2, -0.15) is 0 Å². The average molecular weight is 538 g/mol. The molecule has 39 heavy (non-hydrogen) atoms. The molecule has 1 aromatic heterocycles. The fourth-order valence-electron chi connectivity index (χ4n) is 5.66. The molecule has 1 saturated carbocycles. The molecule has 7 nitrogen and oxygen atoms in total. The van der Waals surface area contributed by atoms with E-state index in [2.05, 4.69) is 0 Å². The molecule has 1 fully saturated rings. The number of aliphatic hydroxyl groups is 1. The van der Waals surface area contributed by atoms with Crippen molar-refractivity contribution in [2.75, 3.05) is 12.8 Å². The maximum Gasteiger partial charge on any atom is 0.338 e. The summed E-state index contributed by atoms with van der Waals surface area (Å²) in [6.45, 7) is 0. The number of fused-ring (bicyclic) bond motifs is 1. The van der Waals surface area contributed by atoms with Crippen LogP contribution in [-0.4, -0.2) is 40.2 Å². The number of methoxy groups -OCH3 is 1. The smallest absolute Gasteiger partial charge is 0.338 e. The molecule has 1 heterocycles. The SMILES string of the molecule is CO[C@H]1CCCCC1(O)c1c(-c2ccc(C(=O)O)c(F)c2)c2c(F)c(N)c(C=N)cc2n1-c1ccc(F)cc1. The maximum atomic E-state index is 16.1. The van der Waals surface area contributed by atoms with E-state index in [1.165, 1.54) is 43.5 Å². The van der Waals surface area contributed by atoms with E-state index < -0.39 is 40.7 Å². The van der Waals surface area contributed by atoms with E-state index >= 15 is 8.78 Å². The number of nitrogens with one attached hydrogen (secondary N) is 1. The number of nitrogens with two attached hydrogens (primary N) is 1. The van der Waals surface area contributed by atoms with Crippen molar-refractivity contribution in [1.29, 1.82) is 5.41 Å². The molecule has 3 aromatic carbocycles.